The molecule has 2 heteroatoms. The van der Waals surface area contributed by atoms with Crippen LogP contribution in [0.1, 0.15) is 19.3 Å². The zero-order valence-electron chi connectivity index (χ0n) is 6.36. The largest absolute Gasteiger partial charge is 0.491 e. The van der Waals surface area contributed by atoms with Gasteiger partial charge in [-0.25, -0.2) is 0 Å². The van der Waals surface area contributed by atoms with Gasteiger partial charge in [0.05, 0.1) is 6.26 Å². The van der Waals surface area contributed by atoms with Gasteiger partial charge in [0.2, 0.25) is 0 Å². The third kappa shape index (κ3) is 1.07. The molecule has 11 heavy (non-hydrogen) atoms. The summed E-state index contributed by atoms with van der Waals surface area (Å²) in [4.78, 5) is 0. The fourth-order valence-corrected chi connectivity index (χ4v) is 1.52. The Labute approximate surface area is 66.2 Å². The molecular weight excluding hydrogens is 140 g/mol. The number of rotatable bonds is 1. The van der Waals surface area contributed by atoms with Crippen molar-refractivity contribution in [1.29, 1.82) is 0 Å². The summed E-state index contributed by atoms with van der Waals surface area (Å²) < 4.78 is 5.27. The van der Waals surface area contributed by atoms with Crippen molar-refractivity contribution in [2.45, 2.75) is 31.0 Å². The highest BCUT2D eigenvalue weighted by Gasteiger charge is 2.42. The molecule has 0 radical (unpaired) electrons. The predicted molar refractivity (Wildman–Crippen MR) is 42.0 cm³/mol. The highest BCUT2D eigenvalue weighted by Crippen LogP contribution is 2.37. The molecule has 1 fully saturated rings. The first-order valence-electron chi connectivity index (χ1n) is 4.02. The Bertz CT molecular complexity index is 202. The van der Waals surface area contributed by atoms with E-state index in [1.54, 1.807) is 6.26 Å². The summed E-state index contributed by atoms with van der Waals surface area (Å²) in [7, 11) is 0. The van der Waals surface area contributed by atoms with Crippen molar-refractivity contribution in [2.75, 3.05) is 0 Å². The Morgan fingerprint density at radius 2 is 2.18 bits per heavy atom. The monoisotopic (exact) mass is 152 g/mol. The molecule has 0 amide bonds. The van der Waals surface area contributed by atoms with Gasteiger partial charge in [0.25, 0.3) is 0 Å². The molecule has 0 saturated heterocycles. The molecule has 60 valence electrons. The number of allylic oxidation sites excluding steroid dienone is 2. The lowest BCUT2D eigenvalue weighted by Crippen LogP contribution is -2.48. The molecule has 1 aliphatic carbocycles. The van der Waals surface area contributed by atoms with Gasteiger partial charge < -0.3 is 9.84 Å². The summed E-state index contributed by atoms with van der Waals surface area (Å²) in [5, 5.41) is 9.82. The highest BCUT2D eigenvalue weighted by molar-refractivity contribution is 5.14. The first-order valence-corrected chi connectivity index (χ1v) is 4.02. The van der Waals surface area contributed by atoms with E-state index in [4.69, 9.17) is 4.74 Å². The van der Waals surface area contributed by atoms with Crippen LogP contribution < -0.4 is 0 Å². The van der Waals surface area contributed by atoms with E-state index in [0.717, 1.165) is 19.3 Å². The van der Waals surface area contributed by atoms with E-state index in [2.05, 4.69) is 0 Å². The Kier molecular flexibility index (Phi) is 1.50. The fraction of sp³-hybridized carbons (Fsp3) is 0.556. The number of hydrogen-bond acceptors (Lipinski definition) is 2. The van der Waals surface area contributed by atoms with Crippen molar-refractivity contribution in [3.63, 3.8) is 0 Å². The molecule has 0 aromatic heterocycles. The lowest BCUT2D eigenvalue weighted by atomic mass is 9.76. The van der Waals surface area contributed by atoms with E-state index in [-0.39, 0.29) is 6.10 Å². The Morgan fingerprint density at radius 3 is 2.64 bits per heavy atom. The average Bonchev–Trinajstić information content (AvgIpc) is 2.02. The van der Waals surface area contributed by atoms with Crippen molar-refractivity contribution >= 4 is 0 Å². The van der Waals surface area contributed by atoms with Gasteiger partial charge in [-0.3, -0.25) is 0 Å². The van der Waals surface area contributed by atoms with E-state index in [1.165, 1.54) is 0 Å². The van der Waals surface area contributed by atoms with Crippen LogP contribution in [0.25, 0.3) is 0 Å². The van der Waals surface area contributed by atoms with Gasteiger partial charge in [0.15, 0.2) is 0 Å². The second-order valence-corrected chi connectivity index (χ2v) is 3.23. The quantitative estimate of drug-likeness (QED) is 0.615. The summed E-state index contributed by atoms with van der Waals surface area (Å²) in [5.41, 5.74) is -0.568. The van der Waals surface area contributed by atoms with Crippen molar-refractivity contribution in [3.8, 4) is 0 Å². The lowest BCUT2D eigenvalue weighted by Gasteiger charge is -2.41. The molecule has 1 saturated carbocycles. The molecule has 1 unspecified atom stereocenters. The van der Waals surface area contributed by atoms with Crippen LogP contribution in [0, 0.1) is 0 Å². The van der Waals surface area contributed by atoms with E-state index >= 15 is 0 Å². The molecule has 0 aromatic carbocycles. The predicted octanol–water partition coefficient (Wildman–Crippen LogP) is 1.37. The van der Waals surface area contributed by atoms with Gasteiger partial charge >= 0.3 is 0 Å². The minimum atomic E-state index is -0.568. The summed E-state index contributed by atoms with van der Waals surface area (Å²) in [6.07, 6.45) is 10.1. The first kappa shape index (κ1) is 6.92. The van der Waals surface area contributed by atoms with Gasteiger partial charge in [-0.1, -0.05) is 6.08 Å². The van der Waals surface area contributed by atoms with Gasteiger partial charge in [-0.15, -0.1) is 0 Å². The molecule has 1 heterocycles. The van der Waals surface area contributed by atoms with Crippen LogP contribution in [-0.4, -0.2) is 16.8 Å². The average molecular weight is 152 g/mol. The second kappa shape index (κ2) is 2.38. The fourth-order valence-electron chi connectivity index (χ4n) is 1.52. The second-order valence-electron chi connectivity index (χ2n) is 3.23. The summed E-state index contributed by atoms with van der Waals surface area (Å²) in [6.45, 7) is 0. The standard InChI is InChI=1S/C9H12O2/c10-9(5-3-6-9)8-4-1-2-7-11-8/h1-2,4,7-8,10H,3,5-6H2. The third-order valence-electron chi connectivity index (χ3n) is 2.45. The van der Waals surface area contributed by atoms with E-state index in [0.29, 0.717) is 0 Å². The Morgan fingerprint density at radius 1 is 1.36 bits per heavy atom. The Balaban J connectivity index is 2.04. The zero-order valence-corrected chi connectivity index (χ0v) is 6.36. The van der Waals surface area contributed by atoms with Crippen LogP contribution in [0.2, 0.25) is 0 Å². The molecule has 2 aliphatic rings. The molecule has 1 atom stereocenters. The third-order valence-corrected chi connectivity index (χ3v) is 2.45. The van der Waals surface area contributed by atoms with E-state index < -0.39 is 5.60 Å². The summed E-state index contributed by atoms with van der Waals surface area (Å²) in [6, 6.07) is 0. The number of aliphatic hydroxyl groups is 1. The minimum Gasteiger partial charge on any atom is -0.491 e. The van der Waals surface area contributed by atoms with E-state index in [1.807, 2.05) is 18.2 Å². The normalized spacial score (nSPS) is 32.6. The molecule has 1 N–H and O–H groups in total. The summed E-state index contributed by atoms with van der Waals surface area (Å²) in [5.74, 6) is 0. The van der Waals surface area contributed by atoms with E-state index in [9.17, 15) is 5.11 Å². The van der Waals surface area contributed by atoms with Gasteiger partial charge in [0.1, 0.15) is 11.7 Å². The van der Waals surface area contributed by atoms with Crippen LogP contribution >= 0.6 is 0 Å². The van der Waals surface area contributed by atoms with Crippen LogP contribution in [-0.2, 0) is 4.74 Å². The van der Waals surface area contributed by atoms with Gasteiger partial charge in [-0.05, 0) is 31.4 Å². The molecular formula is C9H12O2. The van der Waals surface area contributed by atoms with Gasteiger partial charge in [0, 0.05) is 0 Å². The molecule has 0 aromatic rings. The van der Waals surface area contributed by atoms with Crippen molar-refractivity contribution in [1.82, 2.24) is 0 Å². The maximum absolute atomic E-state index is 9.82. The first-order chi connectivity index (χ1) is 5.31. The SMILES string of the molecule is OC1(C2C=CC=CO2)CCC1. The maximum Gasteiger partial charge on any atom is 0.145 e. The van der Waals surface area contributed by atoms with Crippen LogP contribution in [0.3, 0.4) is 0 Å². The van der Waals surface area contributed by atoms with Crippen molar-refractivity contribution in [2.24, 2.45) is 0 Å². The lowest BCUT2D eigenvalue weighted by molar-refractivity contribution is -0.110. The highest BCUT2D eigenvalue weighted by atomic mass is 16.5. The number of hydrogen-bond donors (Lipinski definition) is 1. The number of ether oxygens (including phenoxy) is 1. The van der Waals surface area contributed by atoms with Crippen molar-refractivity contribution < 1.29 is 9.84 Å². The minimum absolute atomic E-state index is 0.110. The molecule has 2 rings (SSSR count). The molecule has 1 aliphatic heterocycles. The topological polar surface area (TPSA) is 29.5 Å². The molecule has 2 nitrogen and oxygen atoms in total. The van der Waals surface area contributed by atoms with Gasteiger partial charge in [-0.2, -0.15) is 0 Å². The smallest absolute Gasteiger partial charge is 0.145 e. The summed E-state index contributed by atoms with van der Waals surface area (Å²) >= 11 is 0. The molecule has 0 spiro atoms. The van der Waals surface area contributed by atoms with Crippen LogP contribution in [0.15, 0.2) is 24.5 Å². The molecule has 0 bridgehead atoms. The maximum atomic E-state index is 9.82. The zero-order chi connectivity index (χ0) is 7.73. The Hall–Kier alpha value is -0.760. The van der Waals surface area contributed by atoms with Crippen LogP contribution in [0.4, 0.5) is 0 Å². The van der Waals surface area contributed by atoms with Crippen molar-refractivity contribution in [3.05, 3.63) is 24.5 Å². The van der Waals surface area contributed by atoms with Crippen LogP contribution in [0.5, 0.6) is 0 Å².